The van der Waals surface area contributed by atoms with Gasteiger partial charge in [-0.15, -0.1) is 0 Å². The summed E-state index contributed by atoms with van der Waals surface area (Å²) >= 11 is 5.66. The molecule has 0 unspecified atom stereocenters. The van der Waals surface area contributed by atoms with Gasteiger partial charge in [-0.25, -0.2) is 9.37 Å². The van der Waals surface area contributed by atoms with E-state index in [0.29, 0.717) is 18.2 Å². The Hall–Kier alpha value is -2.33. The van der Waals surface area contributed by atoms with Crippen LogP contribution in [0.4, 0.5) is 29.1 Å². The summed E-state index contributed by atoms with van der Waals surface area (Å²) in [5.74, 6) is -0.916. The van der Waals surface area contributed by atoms with E-state index in [9.17, 15) is 17.6 Å². The highest BCUT2D eigenvalue weighted by Gasteiger charge is 2.31. The van der Waals surface area contributed by atoms with Gasteiger partial charge in [0, 0.05) is 0 Å². The summed E-state index contributed by atoms with van der Waals surface area (Å²) in [5, 5.41) is 11.1. The Morgan fingerprint density at radius 3 is 2.52 bits per heavy atom. The van der Waals surface area contributed by atoms with E-state index >= 15 is 0 Å². The molecule has 2 aromatic rings. The van der Waals surface area contributed by atoms with Gasteiger partial charge in [0.05, 0.1) is 22.9 Å². The van der Waals surface area contributed by atoms with Gasteiger partial charge in [-0.05, 0) is 30.3 Å². The monoisotopic (exact) mass is 315 g/mol. The van der Waals surface area contributed by atoms with Gasteiger partial charge in [0.1, 0.15) is 16.8 Å². The molecule has 0 atom stereocenters. The van der Waals surface area contributed by atoms with Crippen LogP contribution in [0, 0.1) is 17.1 Å². The van der Waals surface area contributed by atoms with Crippen LogP contribution in [0.5, 0.6) is 0 Å². The minimum absolute atomic E-state index is 0.0303. The van der Waals surface area contributed by atoms with E-state index < -0.39 is 23.2 Å². The number of aromatic nitrogens is 1. The van der Waals surface area contributed by atoms with Gasteiger partial charge in [-0.1, -0.05) is 11.6 Å². The maximum atomic E-state index is 13.6. The Morgan fingerprint density at radius 1 is 1.19 bits per heavy atom. The number of hydrogen-bond donors (Lipinski definition) is 1. The Bertz CT molecular complexity index is 722. The van der Waals surface area contributed by atoms with Crippen LogP contribution >= 0.6 is 11.6 Å². The molecule has 3 nitrogen and oxygen atoms in total. The SMILES string of the molecule is N#Cc1cc(Cl)nc(Nc2cc(C(F)(F)F)ccc2F)c1. The number of anilines is 2. The molecular formula is C13H6ClF4N3. The number of benzene rings is 1. The molecule has 1 aromatic carbocycles. The normalized spacial score (nSPS) is 11.0. The lowest BCUT2D eigenvalue weighted by Crippen LogP contribution is -2.06. The van der Waals surface area contributed by atoms with Gasteiger partial charge in [0.25, 0.3) is 0 Å². The van der Waals surface area contributed by atoms with Crippen molar-refractivity contribution in [3.05, 3.63) is 52.4 Å². The summed E-state index contributed by atoms with van der Waals surface area (Å²) in [6.45, 7) is 0. The second-order valence-electron chi connectivity index (χ2n) is 3.99. The number of halogens is 5. The van der Waals surface area contributed by atoms with Crippen LogP contribution in [-0.4, -0.2) is 4.98 Å². The summed E-state index contributed by atoms with van der Waals surface area (Å²) in [5.41, 5.74) is -1.28. The fourth-order valence-corrected chi connectivity index (χ4v) is 1.77. The van der Waals surface area contributed by atoms with Gasteiger partial charge >= 0.3 is 6.18 Å². The average molecular weight is 316 g/mol. The Morgan fingerprint density at radius 2 is 1.90 bits per heavy atom. The molecule has 0 fully saturated rings. The summed E-state index contributed by atoms with van der Waals surface area (Å²) in [6.07, 6.45) is -4.59. The molecule has 0 aliphatic carbocycles. The molecule has 8 heteroatoms. The van der Waals surface area contributed by atoms with Crippen LogP contribution < -0.4 is 5.32 Å². The predicted octanol–water partition coefficient (Wildman–Crippen LogP) is 4.51. The molecule has 0 aliphatic rings. The van der Waals surface area contributed by atoms with Crippen molar-refractivity contribution in [2.45, 2.75) is 6.18 Å². The molecule has 1 heterocycles. The molecule has 108 valence electrons. The first kappa shape index (κ1) is 15.1. The third kappa shape index (κ3) is 3.61. The predicted molar refractivity (Wildman–Crippen MR) is 68.6 cm³/mol. The van der Waals surface area contributed by atoms with Crippen molar-refractivity contribution in [3.63, 3.8) is 0 Å². The molecule has 0 radical (unpaired) electrons. The highest BCUT2D eigenvalue weighted by Crippen LogP contribution is 2.32. The number of nitriles is 1. The van der Waals surface area contributed by atoms with Crippen LogP contribution in [0.2, 0.25) is 5.15 Å². The highest BCUT2D eigenvalue weighted by atomic mass is 35.5. The maximum absolute atomic E-state index is 13.6. The molecule has 21 heavy (non-hydrogen) atoms. The summed E-state index contributed by atoms with van der Waals surface area (Å²) in [6, 6.07) is 6.26. The fraction of sp³-hybridized carbons (Fsp3) is 0.0769. The Labute approximate surface area is 121 Å². The number of nitrogens with zero attached hydrogens (tertiary/aromatic N) is 2. The smallest absolute Gasteiger partial charge is 0.338 e. The van der Waals surface area contributed by atoms with Gasteiger partial charge in [0.2, 0.25) is 0 Å². The second-order valence-corrected chi connectivity index (χ2v) is 4.38. The second kappa shape index (κ2) is 5.58. The standard InChI is InChI=1S/C13H6ClF4N3/c14-11-3-7(6-19)4-12(21-11)20-10-5-8(13(16,17)18)1-2-9(10)15/h1-5H,(H,20,21). The molecule has 0 amide bonds. The lowest BCUT2D eigenvalue weighted by Gasteiger charge is -2.11. The quantitative estimate of drug-likeness (QED) is 0.655. The first-order valence-electron chi connectivity index (χ1n) is 5.51. The van der Waals surface area contributed by atoms with Crippen molar-refractivity contribution in [3.8, 4) is 6.07 Å². The van der Waals surface area contributed by atoms with Crippen LogP contribution in [0.1, 0.15) is 11.1 Å². The molecule has 0 aliphatic heterocycles. The first-order chi connectivity index (χ1) is 9.79. The van der Waals surface area contributed by atoms with Crippen molar-refractivity contribution in [1.29, 1.82) is 5.26 Å². The molecule has 0 bridgehead atoms. The largest absolute Gasteiger partial charge is 0.416 e. The number of nitrogens with one attached hydrogen (secondary N) is 1. The van der Waals surface area contributed by atoms with E-state index in [2.05, 4.69) is 10.3 Å². The van der Waals surface area contributed by atoms with E-state index in [0.717, 1.165) is 0 Å². The molecule has 1 N–H and O–H groups in total. The number of alkyl halides is 3. The zero-order chi connectivity index (χ0) is 15.6. The zero-order valence-electron chi connectivity index (χ0n) is 10.2. The fourth-order valence-electron chi connectivity index (χ4n) is 1.56. The van der Waals surface area contributed by atoms with E-state index in [1.165, 1.54) is 12.1 Å². The van der Waals surface area contributed by atoms with E-state index in [-0.39, 0.29) is 16.5 Å². The Balaban J connectivity index is 2.40. The summed E-state index contributed by atoms with van der Waals surface area (Å²) in [4.78, 5) is 3.77. The molecule has 0 saturated carbocycles. The topological polar surface area (TPSA) is 48.7 Å². The van der Waals surface area contributed by atoms with Crippen molar-refractivity contribution in [2.75, 3.05) is 5.32 Å². The third-order valence-corrected chi connectivity index (χ3v) is 2.67. The van der Waals surface area contributed by atoms with Crippen molar-refractivity contribution in [1.82, 2.24) is 4.98 Å². The lowest BCUT2D eigenvalue weighted by molar-refractivity contribution is -0.137. The van der Waals surface area contributed by atoms with Gasteiger partial charge in [-0.3, -0.25) is 0 Å². The minimum atomic E-state index is -4.59. The van der Waals surface area contributed by atoms with Crippen LogP contribution in [0.3, 0.4) is 0 Å². The van der Waals surface area contributed by atoms with Crippen molar-refractivity contribution in [2.24, 2.45) is 0 Å². The van der Waals surface area contributed by atoms with Gasteiger partial charge in [-0.2, -0.15) is 18.4 Å². The molecular weight excluding hydrogens is 310 g/mol. The summed E-state index contributed by atoms with van der Waals surface area (Å²) < 4.78 is 51.3. The lowest BCUT2D eigenvalue weighted by atomic mass is 10.2. The zero-order valence-corrected chi connectivity index (χ0v) is 10.9. The van der Waals surface area contributed by atoms with E-state index in [1.807, 2.05) is 0 Å². The Kier molecular flexibility index (Phi) is 4.00. The van der Waals surface area contributed by atoms with Crippen LogP contribution in [0.25, 0.3) is 0 Å². The molecule has 0 saturated heterocycles. The summed E-state index contributed by atoms with van der Waals surface area (Å²) in [7, 11) is 0. The van der Waals surface area contributed by atoms with Crippen LogP contribution in [0.15, 0.2) is 30.3 Å². The van der Waals surface area contributed by atoms with Crippen LogP contribution in [-0.2, 0) is 6.18 Å². The number of pyridine rings is 1. The minimum Gasteiger partial charge on any atom is -0.338 e. The molecule has 2 rings (SSSR count). The number of rotatable bonds is 2. The number of hydrogen-bond acceptors (Lipinski definition) is 3. The first-order valence-corrected chi connectivity index (χ1v) is 5.89. The van der Waals surface area contributed by atoms with Crippen molar-refractivity contribution < 1.29 is 17.6 Å². The van der Waals surface area contributed by atoms with E-state index in [4.69, 9.17) is 16.9 Å². The molecule has 1 aromatic heterocycles. The molecule has 0 spiro atoms. The van der Waals surface area contributed by atoms with E-state index in [1.54, 1.807) is 6.07 Å². The van der Waals surface area contributed by atoms with Crippen molar-refractivity contribution >= 4 is 23.1 Å². The van der Waals surface area contributed by atoms with Gasteiger partial charge < -0.3 is 5.32 Å². The third-order valence-electron chi connectivity index (χ3n) is 2.48. The average Bonchev–Trinajstić information content (AvgIpc) is 2.39. The highest BCUT2D eigenvalue weighted by molar-refractivity contribution is 6.29. The maximum Gasteiger partial charge on any atom is 0.416 e. The van der Waals surface area contributed by atoms with Gasteiger partial charge in [0.15, 0.2) is 0 Å².